The third-order valence-corrected chi connectivity index (χ3v) is 7.09. The number of amides is 1. The molecule has 0 radical (unpaired) electrons. The van der Waals surface area contributed by atoms with Crippen LogP contribution in [0.15, 0.2) is 57.9 Å². The molecule has 3 aromatic rings. The number of anilines is 1. The van der Waals surface area contributed by atoms with Crippen LogP contribution in [-0.4, -0.2) is 30.3 Å². The SMILES string of the molecule is CC(=O)Nc1c(C)noc1C=Cc1ccc(S(=O)(=O)N2CCc3ccccc3C2)cc1. The molecule has 8 heteroatoms. The standard InChI is InChI=1S/C23H23N3O4S/c1-16-23(24-17(2)27)22(30-25-16)12-9-18-7-10-21(11-8-18)31(28,29)26-14-13-19-5-3-4-6-20(19)15-26/h3-12H,13-15H2,1-2H3,(H,24,27). The first-order chi connectivity index (χ1) is 14.8. The average molecular weight is 438 g/mol. The number of benzene rings is 2. The van der Waals surface area contributed by atoms with Gasteiger partial charge in [-0.05, 0) is 48.2 Å². The zero-order chi connectivity index (χ0) is 22.0. The van der Waals surface area contributed by atoms with Crippen molar-refractivity contribution in [1.29, 1.82) is 0 Å². The molecule has 0 aliphatic carbocycles. The van der Waals surface area contributed by atoms with Crippen molar-refractivity contribution in [1.82, 2.24) is 9.46 Å². The van der Waals surface area contributed by atoms with Gasteiger partial charge in [0.25, 0.3) is 0 Å². The lowest BCUT2D eigenvalue weighted by molar-refractivity contribution is -0.114. The van der Waals surface area contributed by atoms with Gasteiger partial charge in [-0.3, -0.25) is 4.79 Å². The Morgan fingerprint density at radius 1 is 1.10 bits per heavy atom. The summed E-state index contributed by atoms with van der Waals surface area (Å²) in [6, 6.07) is 14.6. The Balaban J connectivity index is 1.51. The van der Waals surface area contributed by atoms with Gasteiger partial charge in [0, 0.05) is 20.0 Å². The second-order valence-electron chi connectivity index (χ2n) is 7.45. The number of sulfonamides is 1. The highest BCUT2D eigenvalue weighted by Gasteiger charge is 2.28. The minimum atomic E-state index is -3.57. The quantitative estimate of drug-likeness (QED) is 0.654. The summed E-state index contributed by atoms with van der Waals surface area (Å²) in [6.07, 6.45) is 4.18. The Morgan fingerprint density at radius 3 is 2.52 bits per heavy atom. The summed E-state index contributed by atoms with van der Waals surface area (Å²) in [5, 5.41) is 6.57. The van der Waals surface area contributed by atoms with Crippen molar-refractivity contribution in [2.75, 3.05) is 11.9 Å². The zero-order valence-corrected chi connectivity index (χ0v) is 18.1. The molecule has 1 aliphatic rings. The average Bonchev–Trinajstić information content (AvgIpc) is 3.11. The van der Waals surface area contributed by atoms with Crippen LogP contribution < -0.4 is 5.32 Å². The number of hydrogen-bond donors (Lipinski definition) is 1. The first kappa shape index (κ1) is 21.0. The largest absolute Gasteiger partial charge is 0.354 e. The maximum absolute atomic E-state index is 13.1. The number of nitrogens with one attached hydrogen (secondary N) is 1. The molecular formula is C23H23N3O4S. The molecule has 1 N–H and O–H groups in total. The maximum atomic E-state index is 13.1. The lowest BCUT2D eigenvalue weighted by Gasteiger charge is -2.28. The molecule has 0 saturated carbocycles. The molecule has 0 unspecified atom stereocenters. The molecule has 4 rings (SSSR count). The van der Waals surface area contributed by atoms with Gasteiger partial charge >= 0.3 is 0 Å². The van der Waals surface area contributed by atoms with Crippen LogP contribution in [0.3, 0.4) is 0 Å². The maximum Gasteiger partial charge on any atom is 0.243 e. The van der Waals surface area contributed by atoms with E-state index in [0.717, 1.165) is 11.1 Å². The zero-order valence-electron chi connectivity index (χ0n) is 17.3. The lowest BCUT2D eigenvalue weighted by atomic mass is 10.0. The van der Waals surface area contributed by atoms with Gasteiger partial charge in [0.15, 0.2) is 5.76 Å². The fourth-order valence-electron chi connectivity index (χ4n) is 3.58. The number of aromatic nitrogens is 1. The third kappa shape index (κ3) is 4.45. The molecule has 1 aliphatic heterocycles. The van der Waals surface area contributed by atoms with Gasteiger partial charge in [0.2, 0.25) is 15.9 Å². The summed E-state index contributed by atoms with van der Waals surface area (Å²) in [7, 11) is -3.57. The van der Waals surface area contributed by atoms with Gasteiger partial charge in [-0.25, -0.2) is 8.42 Å². The smallest absolute Gasteiger partial charge is 0.243 e. The van der Waals surface area contributed by atoms with Gasteiger partial charge in [-0.2, -0.15) is 4.31 Å². The van der Waals surface area contributed by atoms with Crippen molar-refractivity contribution in [2.45, 2.75) is 31.7 Å². The monoisotopic (exact) mass is 437 g/mol. The van der Waals surface area contributed by atoms with E-state index in [9.17, 15) is 13.2 Å². The molecule has 31 heavy (non-hydrogen) atoms. The first-order valence-electron chi connectivity index (χ1n) is 9.93. The van der Waals surface area contributed by atoms with E-state index in [2.05, 4.69) is 10.5 Å². The second kappa shape index (κ2) is 8.49. The van der Waals surface area contributed by atoms with E-state index in [4.69, 9.17) is 4.52 Å². The van der Waals surface area contributed by atoms with Crippen molar-refractivity contribution in [3.8, 4) is 0 Å². The molecular weight excluding hydrogens is 414 g/mol. The van der Waals surface area contributed by atoms with E-state index >= 15 is 0 Å². The molecule has 2 heterocycles. The van der Waals surface area contributed by atoms with E-state index < -0.39 is 10.0 Å². The molecule has 160 valence electrons. The molecule has 0 fully saturated rings. The predicted molar refractivity (Wildman–Crippen MR) is 119 cm³/mol. The van der Waals surface area contributed by atoms with Crippen LogP contribution in [0.25, 0.3) is 12.2 Å². The minimum Gasteiger partial charge on any atom is -0.354 e. The number of hydrogen-bond acceptors (Lipinski definition) is 5. The number of nitrogens with zero attached hydrogens (tertiary/aromatic N) is 2. The Hall–Kier alpha value is -3.23. The summed E-state index contributed by atoms with van der Waals surface area (Å²) >= 11 is 0. The van der Waals surface area contributed by atoms with Gasteiger partial charge < -0.3 is 9.84 Å². The Labute approximate surface area is 181 Å². The molecule has 0 bridgehead atoms. The van der Waals surface area contributed by atoms with Crippen LogP contribution in [0.5, 0.6) is 0 Å². The van der Waals surface area contributed by atoms with Crippen molar-refractivity contribution in [3.05, 3.63) is 76.7 Å². The number of fused-ring (bicyclic) bond motifs is 1. The first-order valence-corrected chi connectivity index (χ1v) is 11.4. The van der Waals surface area contributed by atoms with Crippen molar-refractivity contribution in [2.24, 2.45) is 0 Å². The number of rotatable bonds is 5. The van der Waals surface area contributed by atoms with E-state index in [0.29, 0.717) is 36.7 Å². The van der Waals surface area contributed by atoms with E-state index in [-0.39, 0.29) is 10.8 Å². The number of carbonyl (C=O) groups excluding carboxylic acids is 1. The number of carbonyl (C=O) groups is 1. The van der Waals surface area contributed by atoms with E-state index in [1.807, 2.05) is 24.3 Å². The van der Waals surface area contributed by atoms with Crippen molar-refractivity contribution < 1.29 is 17.7 Å². The molecule has 0 atom stereocenters. The highest BCUT2D eigenvalue weighted by molar-refractivity contribution is 7.89. The van der Waals surface area contributed by atoms with Gasteiger partial charge in [0.05, 0.1) is 4.90 Å². The molecule has 1 amide bonds. The Morgan fingerprint density at radius 2 is 1.81 bits per heavy atom. The molecule has 7 nitrogen and oxygen atoms in total. The minimum absolute atomic E-state index is 0.212. The number of aryl methyl sites for hydroxylation is 1. The van der Waals surface area contributed by atoms with Crippen LogP contribution in [0, 0.1) is 6.92 Å². The summed E-state index contributed by atoms with van der Waals surface area (Å²) in [6.45, 7) is 4.01. The van der Waals surface area contributed by atoms with Crippen LogP contribution in [-0.2, 0) is 27.8 Å². The Bertz CT molecular complexity index is 1240. The molecule has 0 spiro atoms. The Kier molecular flexibility index (Phi) is 5.75. The molecule has 1 aromatic heterocycles. The summed E-state index contributed by atoms with van der Waals surface area (Å²) in [5.41, 5.74) is 4.16. The summed E-state index contributed by atoms with van der Waals surface area (Å²) in [5.74, 6) is 0.215. The van der Waals surface area contributed by atoms with E-state index in [1.165, 1.54) is 16.8 Å². The molecule has 2 aromatic carbocycles. The summed E-state index contributed by atoms with van der Waals surface area (Å²) < 4.78 is 32.9. The van der Waals surface area contributed by atoms with Crippen molar-refractivity contribution in [3.63, 3.8) is 0 Å². The topological polar surface area (TPSA) is 92.5 Å². The summed E-state index contributed by atoms with van der Waals surface area (Å²) in [4.78, 5) is 11.6. The van der Waals surface area contributed by atoms with Gasteiger partial charge in [0.1, 0.15) is 11.4 Å². The van der Waals surface area contributed by atoms with Crippen LogP contribution in [0.1, 0.15) is 35.1 Å². The van der Waals surface area contributed by atoms with Crippen molar-refractivity contribution >= 4 is 33.8 Å². The van der Waals surface area contributed by atoms with Crippen LogP contribution in [0.4, 0.5) is 5.69 Å². The van der Waals surface area contributed by atoms with E-state index in [1.54, 1.807) is 43.3 Å². The fourth-order valence-corrected chi connectivity index (χ4v) is 4.99. The fraction of sp³-hybridized carbons (Fsp3) is 0.217. The third-order valence-electron chi connectivity index (χ3n) is 5.23. The highest BCUT2D eigenvalue weighted by atomic mass is 32.2. The van der Waals surface area contributed by atoms with Crippen LogP contribution in [0.2, 0.25) is 0 Å². The highest BCUT2D eigenvalue weighted by Crippen LogP contribution is 2.26. The lowest BCUT2D eigenvalue weighted by Crippen LogP contribution is -2.35. The van der Waals surface area contributed by atoms with Gasteiger partial charge in [-0.1, -0.05) is 47.6 Å². The molecule has 0 saturated heterocycles. The van der Waals surface area contributed by atoms with Gasteiger partial charge in [-0.15, -0.1) is 0 Å². The second-order valence-corrected chi connectivity index (χ2v) is 9.39. The van der Waals surface area contributed by atoms with Crippen LogP contribution >= 0.6 is 0 Å². The predicted octanol–water partition coefficient (Wildman–Crippen LogP) is 3.86. The normalized spacial score (nSPS) is 14.5.